The second-order valence-corrected chi connectivity index (χ2v) is 3.54. The zero-order chi connectivity index (χ0) is 12.5. The van der Waals surface area contributed by atoms with Gasteiger partial charge >= 0.3 is 0 Å². The number of nitrogens with two attached hydrogens (primary N) is 1. The molecule has 0 fully saturated rings. The smallest absolute Gasteiger partial charge is 0.170 e. The van der Waals surface area contributed by atoms with E-state index in [-0.39, 0.29) is 5.84 Å². The number of methoxy groups -OCH3 is 1. The molecule has 1 aromatic carbocycles. The van der Waals surface area contributed by atoms with Crippen molar-refractivity contribution in [1.82, 2.24) is 0 Å². The number of amidine groups is 1. The van der Waals surface area contributed by atoms with Crippen LogP contribution in [0.3, 0.4) is 0 Å². The predicted octanol–water partition coefficient (Wildman–Crippen LogP) is 1.33. The number of rotatable bonds is 7. The molecule has 0 aliphatic carbocycles. The standard InChI is InChI=1S/C12H18N2O3/c1-16-7-4-8-17-9-10-5-2-3-6-11(10)12(13)14-15/h2-3,5-6,15H,4,7-9H2,1H3,(H2,13,14). The number of hydrogen-bond donors (Lipinski definition) is 2. The topological polar surface area (TPSA) is 77.1 Å². The van der Waals surface area contributed by atoms with Gasteiger partial charge in [0.2, 0.25) is 0 Å². The second kappa shape index (κ2) is 7.65. The lowest BCUT2D eigenvalue weighted by molar-refractivity contribution is 0.0928. The normalized spacial score (nSPS) is 11.7. The van der Waals surface area contributed by atoms with E-state index in [1.165, 1.54) is 0 Å². The molecule has 0 saturated heterocycles. The van der Waals surface area contributed by atoms with Gasteiger partial charge in [0.25, 0.3) is 0 Å². The quantitative estimate of drug-likeness (QED) is 0.247. The second-order valence-electron chi connectivity index (χ2n) is 3.54. The van der Waals surface area contributed by atoms with E-state index in [1.807, 2.05) is 18.2 Å². The monoisotopic (exact) mass is 238 g/mol. The van der Waals surface area contributed by atoms with Gasteiger partial charge in [0.05, 0.1) is 6.61 Å². The van der Waals surface area contributed by atoms with Crippen LogP contribution in [0, 0.1) is 0 Å². The van der Waals surface area contributed by atoms with Crippen LogP contribution in [0.2, 0.25) is 0 Å². The maximum Gasteiger partial charge on any atom is 0.170 e. The van der Waals surface area contributed by atoms with E-state index < -0.39 is 0 Å². The Hall–Kier alpha value is -1.59. The maximum atomic E-state index is 8.66. The average Bonchev–Trinajstić information content (AvgIpc) is 2.38. The lowest BCUT2D eigenvalue weighted by atomic mass is 10.1. The molecule has 0 radical (unpaired) electrons. The van der Waals surface area contributed by atoms with Crippen LogP contribution in [0.4, 0.5) is 0 Å². The van der Waals surface area contributed by atoms with Gasteiger partial charge in [-0.25, -0.2) is 0 Å². The third kappa shape index (κ3) is 4.42. The maximum absolute atomic E-state index is 8.66. The Morgan fingerprint density at radius 1 is 1.35 bits per heavy atom. The summed E-state index contributed by atoms with van der Waals surface area (Å²) in [7, 11) is 1.66. The average molecular weight is 238 g/mol. The van der Waals surface area contributed by atoms with E-state index >= 15 is 0 Å². The summed E-state index contributed by atoms with van der Waals surface area (Å²) in [5, 5.41) is 11.7. The molecule has 3 N–H and O–H groups in total. The Morgan fingerprint density at radius 2 is 2.12 bits per heavy atom. The molecule has 0 bridgehead atoms. The molecule has 0 unspecified atom stereocenters. The molecule has 0 saturated carbocycles. The van der Waals surface area contributed by atoms with Gasteiger partial charge in [-0.15, -0.1) is 0 Å². The van der Waals surface area contributed by atoms with Crippen LogP contribution in [0.25, 0.3) is 0 Å². The summed E-state index contributed by atoms with van der Waals surface area (Å²) in [6.07, 6.45) is 0.849. The Balaban J connectivity index is 2.53. The van der Waals surface area contributed by atoms with Crippen molar-refractivity contribution in [1.29, 1.82) is 0 Å². The lowest BCUT2D eigenvalue weighted by Crippen LogP contribution is -2.16. The first-order valence-corrected chi connectivity index (χ1v) is 5.42. The molecule has 0 aromatic heterocycles. The van der Waals surface area contributed by atoms with Crippen molar-refractivity contribution in [2.24, 2.45) is 10.9 Å². The van der Waals surface area contributed by atoms with E-state index in [0.29, 0.717) is 25.4 Å². The summed E-state index contributed by atoms with van der Waals surface area (Å²) in [4.78, 5) is 0. The van der Waals surface area contributed by atoms with Crippen molar-refractivity contribution in [2.45, 2.75) is 13.0 Å². The van der Waals surface area contributed by atoms with Crippen LogP contribution in [0.5, 0.6) is 0 Å². The molecule has 0 spiro atoms. The van der Waals surface area contributed by atoms with Crippen LogP contribution in [-0.4, -0.2) is 31.4 Å². The van der Waals surface area contributed by atoms with Gasteiger partial charge in [0, 0.05) is 25.9 Å². The van der Waals surface area contributed by atoms with E-state index in [1.54, 1.807) is 13.2 Å². The largest absolute Gasteiger partial charge is 0.409 e. The molecule has 0 heterocycles. The number of ether oxygens (including phenoxy) is 2. The predicted molar refractivity (Wildman–Crippen MR) is 65.1 cm³/mol. The van der Waals surface area contributed by atoms with Crippen molar-refractivity contribution in [3.63, 3.8) is 0 Å². The van der Waals surface area contributed by atoms with Crippen LogP contribution >= 0.6 is 0 Å². The first-order valence-electron chi connectivity index (χ1n) is 5.42. The lowest BCUT2D eigenvalue weighted by Gasteiger charge is -2.08. The van der Waals surface area contributed by atoms with Gasteiger partial charge in [0.15, 0.2) is 5.84 Å². The van der Waals surface area contributed by atoms with E-state index in [4.69, 9.17) is 20.4 Å². The number of nitrogens with zero attached hydrogens (tertiary/aromatic N) is 1. The molecule has 5 heteroatoms. The Bertz CT molecular complexity index is 367. The van der Waals surface area contributed by atoms with E-state index in [0.717, 1.165) is 12.0 Å². The van der Waals surface area contributed by atoms with Gasteiger partial charge in [-0.05, 0) is 12.0 Å². The van der Waals surface area contributed by atoms with Crippen molar-refractivity contribution in [2.75, 3.05) is 20.3 Å². The summed E-state index contributed by atoms with van der Waals surface area (Å²) in [5.74, 6) is 0.0982. The minimum absolute atomic E-state index is 0.0982. The Kier molecular flexibility index (Phi) is 6.06. The zero-order valence-corrected chi connectivity index (χ0v) is 9.93. The van der Waals surface area contributed by atoms with Crippen molar-refractivity contribution >= 4 is 5.84 Å². The van der Waals surface area contributed by atoms with E-state index in [9.17, 15) is 0 Å². The molecule has 0 atom stereocenters. The molecule has 17 heavy (non-hydrogen) atoms. The highest BCUT2D eigenvalue weighted by atomic mass is 16.5. The number of hydrogen-bond acceptors (Lipinski definition) is 4. The zero-order valence-electron chi connectivity index (χ0n) is 9.93. The summed E-state index contributed by atoms with van der Waals surface area (Å²) in [6, 6.07) is 7.41. The summed E-state index contributed by atoms with van der Waals surface area (Å²) < 4.78 is 10.4. The minimum Gasteiger partial charge on any atom is -0.409 e. The van der Waals surface area contributed by atoms with E-state index in [2.05, 4.69) is 5.16 Å². The summed E-state index contributed by atoms with van der Waals surface area (Å²) in [5.41, 5.74) is 7.17. The molecule has 0 amide bonds. The molecule has 0 aliphatic heterocycles. The fraction of sp³-hybridized carbons (Fsp3) is 0.417. The number of oxime groups is 1. The van der Waals surface area contributed by atoms with Gasteiger partial charge < -0.3 is 20.4 Å². The molecular weight excluding hydrogens is 220 g/mol. The fourth-order valence-corrected chi connectivity index (χ4v) is 1.44. The molecule has 94 valence electrons. The summed E-state index contributed by atoms with van der Waals surface area (Å²) in [6.45, 7) is 1.75. The first kappa shape index (κ1) is 13.5. The van der Waals surface area contributed by atoms with Crippen molar-refractivity contribution < 1.29 is 14.7 Å². The highest BCUT2D eigenvalue weighted by Crippen LogP contribution is 2.10. The van der Waals surface area contributed by atoms with Gasteiger partial charge in [-0.3, -0.25) is 0 Å². The molecule has 1 aromatic rings. The highest BCUT2D eigenvalue weighted by molar-refractivity contribution is 5.98. The molecule has 0 aliphatic rings. The first-order chi connectivity index (χ1) is 8.29. The van der Waals surface area contributed by atoms with Crippen molar-refractivity contribution in [3.8, 4) is 0 Å². The Labute approximate surface area is 101 Å². The highest BCUT2D eigenvalue weighted by Gasteiger charge is 2.05. The van der Waals surface area contributed by atoms with Gasteiger partial charge in [0.1, 0.15) is 0 Å². The third-order valence-electron chi connectivity index (χ3n) is 2.30. The minimum atomic E-state index is 0.0982. The third-order valence-corrected chi connectivity index (χ3v) is 2.30. The van der Waals surface area contributed by atoms with Crippen LogP contribution in [0.15, 0.2) is 29.4 Å². The van der Waals surface area contributed by atoms with Gasteiger partial charge in [-0.2, -0.15) is 0 Å². The van der Waals surface area contributed by atoms with Gasteiger partial charge in [-0.1, -0.05) is 29.4 Å². The molecular formula is C12H18N2O3. The van der Waals surface area contributed by atoms with Crippen LogP contribution in [0.1, 0.15) is 17.5 Å². The van der Waals surface area contributed by atoms with Crippen molar-refractivity contribution in [3.05, 3.63) is 35.4 Å². The molecule has 5 nitrogen and oxygen atoms in total. The fourth-order valence-electron chi connectivity index (χ4n) is 1.44. The SMILES string of the molecule is COCCCOCc1ccccc1/C(N)=N/O. The Morgan fingerprint density at radius 3 is 2.82 bits per heavy atom. The summed E-state index contributed by atoms with van der Waals surface area (Å²) >= 11 is 0. The molecule has 1 rings (SSSR count). The number of benzene rings is 1. The van der Waals surface area contributed by atoms with Crippen LogP contribution in [-0.2, 0) is 16.1 Å². The van der Waals surface area contributed by atoms with Crippen LogP contribution < -0.4 is 5.73 Å².